The highest BCUT2D eigenvalue weighted by Gasteiger charge is 2.15. The first-order valence-corrected chi connectivity index (χ1v) is 14.1. The van der Waals surface area contributed by atoms with Gasteiger partial charge in [0.15, 0.2) is 5.16 Å². The zero-order valence-corrected chi connectivity index (χ0v) is 22.9. The number of piperidine rings is 1. The van der Waals surface area contributed by atoms with Gasteiger partial charge >= 0.3 is 0 Å². The zero-order chi connectivity index (χ0) is 28.6. The molecule has 3 aromatic carbocycles. The highest BCUT2D eigenvalue weighted by molar-refractivity contribution is 7.99. The predicted octanol–water partition coefficient (Wildman–Crippen LogP) is 5.64. The number of amides is 1. The molecule has 208 valence electrons. The van der Waals surface area contributed by atoms with Gasteiger partial charge < -0.3 is 20.7 Å². The van der Waals surface area contributed by atoms with Crippen molar-refractivity contribution < 1.29 is 14.5 Å². The van der Waals surface area contributed by atoms with E-state index in [0.717, 1.165) is 37.4 Å². The summed E-state index contributed by atoms with van der Waals surface area (Å²) in [7, 11) is 0. The molecule has 1 fully saturated rings. The minimum absolute atomic E-state index is 0.0833. The molecule has 41 heavy (non-hydrogen) atoms. The van der Waals surface area contributed by atoms with Crippen LogP contribution in [0.5, 0.6) is 5.75 Å². The molecule has 0 spiro atoms. The molecule has 1 aliphatic rings. The number of aromatic nitrogens is 2. The number of nitro groups is 1. The number of thioether (sulfide) groups is 1. The monoisotopic (exact) mass is 568 g/mol. The van der Waals surface area contributed by atoms with Gasteiger partial charge in [-0.15, -0.1) is 6.42 Å². The lowest BCUT2D eigenvalue weighted by Gasteiger charge is -2.22. The fraction of sp³-hybridized carbons (Fsp3) is 0.233. The number of hydrogen-bond donors (Lipinski definition) is 3. The van der Waals surface area contributed by atoms with Crippen LogP contribution < -0.4 is 20.7 Å². The fourth-order valence-electron chi connectivity index (χ4n) is 4.42. The van der Waals surface area contributed by atoms with Crippen molar-refractivity contribution in [3.05, 3.63) is 82.4 Å². The topological polar surface area (TPSA) is 131 Å². The number of benzene rings is 3. The van der Waals surface area contributed by atoms with E-state index in [1.54, 1.807) is 18.2 Å². The minimum atomic E-state index is -0.508. The zero-order valence-electron chi connectivity index (χ0n) is 22.1. The van der Waals surface area contributed by atoms with Gasteiger partial charge in [0.25, 0.3) is 11.6 Å². The van der Waals surface area contributed by atoms with Crippen molar-refractivity contribution in [1.29, 1.82) is 0 Å². The van der Waals surface area contributed by atoms with Crippen LogP contribution >= 0.6 is 11.8 Å². The number of non-ortho nitro benzene ring substituents is 1. The number of fused-ring (bicyclic) bond motifs is 1. The van der Waals surface area contributed by atoms with Gasteiger partial charge in [-0.3, -0.25) is 14.9 Å². The number of terminal acetylenes is 1. The lowest BCUT2D eigenvalue weighted by atomic mass is 9.99. The van der Waals surface area contributed by atoms with E-state index in [9.17, 15) is 14.9 Å². The van der Waals surface area contributed by atoms with Gasteiger partial charge in [0.1, 0.15) is 11.6 Å². The Morgan fingerprint density at radius 1 is 1.07 bits per heavy atom. The van der Waals surface area contributed by atoms with Crippen molar-refractivity contribution in [2.24, 2.45) is 5.92 Å². The van der Waals surface area contributed by atoms with E-state index in [0.29, 0.717) is 51.4 Å². The highest BCUT2D eigenvalue weighted by atomic mass is 32.2. The molecular weight excluding hydrogens is 540 g/mol. The van der Waals surface area contributed by atoms with Gasteiger partial charge in [-0.05, 0) is 86.4 Å². The molecule has 0 bridgehead atoms. The summed E-state index contributed by atoms with van der Waals surface area (Å²) in [5.41, 5.74) is 2.23. The molecule has 2 heterocycles. The summed E-state index contributed by atoms with van der Waals surface area (Å²) in [5.74, 6) is 4.56. The van der Waals surface area contributed by atoms with Crippen molar-refractivity contribution in [2.75, 3.05) is 36.1 Å². The van der Waals surface area contributed by atoms with Crippen LogP contribution in [-0.4, -0.2) is 46.2 Å². The van der Waals surface area contributed by atoms with Crippen molar-refractivity contribution in [3.63, 3.8) is 0 Å². The fourth-order valence-corrected chi connectivity index (χ4v) is 4.95. The SMILES string of the molecule is C#CCSc1nc(Nc2ccc(OCC3CCNCC3)cc2)c2cc(NC(=O)c3ccc([N+](=O)[O-])cc3)ccc2n1. The Bertz CT molecular complexity index is 1580. The van der Waals surface area contributed by atoms with E-state index < -0.39 is 10.8 Å². The predicted molar refractivity (Wildman–Crippen MR) is 161 cm³/mol. The quantitative estimate of drug-likeness (QED) is 0.0731. The summed E-state index contributed by atoms with van der Waals surface area (Å²) < 4.78 is 6.01. The van der Waals surface area contributed by atoms with Crippen LogP contribution in [0.1, 0.15) is 23.2 Å². The molecule has 0 unspecified atom stereocenters. The molecule has 1 aromatic heterocycles. The average molecular weight is 569 g/mol. The number of hydrogen-bond acceptors (Lipinski definition) is 9. The van der Waals surface area contributed by atoms with Crippen LogP contribution in [0, 0.1) is 28.4 Å². The number of anilines is 3. The van der Waals surface area contributed by atoms with Crippen molar-refractivity contribution in [2.45, 2.75) is 18.0 Å². The maximum Gasteiger partial charge on any atom is 0.269 e. The smallest absolute Gasteiger partial charge is 0.269 e. The molecular formula is C30H28N6O4S. The molecule has 11 heteroatoms. The standard InChI is InChI=1S/C30H28N6O4S/c1-2-17-41-30-34-27-12-7-23(33-29(37)21-3-8-24(9-4-21)36(38)39)18-26(27)28(35-30)32-22-5-10-25(11-6-22)40-19-20-13-15-31-16-14-20/h1,3-12,18,20,31H,13-17,19H2,(H,33,37)(H,32,34,35). The summed E-state index contributed by atoms with van der Waals surface area (Å²) >= 11 is 1.36. The molecule has 0 aliphatic carbocycles. The Labute approximate surface area is 241 Å². The Kier molecular flexibility index (Phi) is 8.93. The second-order valence-corrected chi connectivity index (χ2v) is 10.4. The highest BCUT2D eigenvalue weighted by Crippen LogP contribution is 2.30. The Hall–Kier alpha value is -4.66. The first kappa shape index (κ1) is 27.9. The third-order valence-electron chi connectivity index (χ3n) is 6.62. The Balaban J connectivity index is 1.35. The third kappa shape index (κ3) is 7.30. The number of carbonyl (C=O) groups is 1. The molecule has 4 aromatic rings. The summed E-state index contributed by atoms with van der Waals surface area (Å²) in [4.78, 5) is 32.5. The van der Waals surface area contributed by atoms with Crippen LogP contribution in [0.2, 0.25) is 0 Å². The van der Waals surface area contributed by atoms with Gasteiger partial charge in [-0.2, -0.15) is 0 Å². The van der Waals surface area contributed by atoms with Crippen LogP contribution in [0.25, 0.3) is 10.9 Å². The van der Waals surface area contributed by atoms with E-state index in [1.165, 1.54) is 36.0 Å². The van der Waals surface area contributed by atoms with Crippen molar-refractivity contribution in [1.82, 2.24) is 15.3 Å². The molecule has 5 rings (SSSR count). The number of ether oxygens (including phenoxy) is 1. The number of nitro benzene ring substituents is 1. The maximum absolute atomic E-state index is 12.8. The van der Waals surface area contributed by atoms with E-state index in [1.807, 2.05) is 24.3 Å². The number of nitrogens with one attached hydrogen (secondary N) is 3. The molecule has 1 amide bonds. The molecule has 10 nitrogen and oxygen atoms in total. The lowest BCUT2D eigenvalue weighted by molar-refractivity contribution is -0.384. The Morgan fingerprint density at radius 2 is 1.80 bits per heavy atom. The molecule has 0 saturated carbocycles. The van der Waals surface area contributed by atoms with E-state index >= 15 is 0 Å². The minimum Gasteiger partial charge on any atom is -0.493 e. The molecule has 1 saturated heterocycles. The first-order valence-electron chi connectivity index (χ1n) is 13.1. The van der Waals surface area contributed by atoms with Crippen LogP contribution in [0.15, 0.2) is 71.9 Å². The van der Waals surface area contributed by atoms with Gasteiger partial charge in [-0.1, -0.05) is 17.7 Å². The lowest BCUT2D eigenvalue weighted by Crippen LogP contribution is -2.30. The second kappa shape index (κ2) is 13.1. The van der Waals surface area contributed by atoms with Gasteiger partial charge in [-0.25, -0.2) is 9.97 Å². The van der Waals surface area contributed by atoms with E-state index in [2.05, 4.69) is 31.8 Å². The first-order chi connectivity index (χ1) is 20.0. The largest absolute Gasteiger partial charge is 0.493 e. The summed E-state index contributed by atoms with van der Waals surface area (Å²) in [5, 5.41) is 21.7. The normalized spacial score (nSPS) is 13.3. The average Bonchev–Trinajstić information content (AvgIpc) is 3.00. The third-order valence-corrected chi connectivity index (χ3v) is 7.37. The molecule has 3 N–H and O–H groups in total. The molecule has 0 atom stereocenters. The maximum atomic E-state index is 12.8. The van der Waals surface area contributed by atoms with Crippen molar-refractivity contribution >= 4 is 51.5 Å². The van der Waals surface area contributed by atoms with Gasteiger partial charge in [0.05, 0.1) is 22.8 Å². The van der Waals surface area contributed by atoms with Crippen molar-refractivity contribution in [3.8, 4) is 18.1 Å². The van der Waals surface area contributed by atoms with Crippen LogP contribution in [0.4, 0.5) is 22.9 Å². The summed E-state index contributed by atoms with van der Waals surface area (Å²) in [6.07, 6.45) is 7.69. The Morgan fingerprint density at radius 3 is 2.51 bits per heavy atom. The number of rotatable bonds is 10. The van der Waals surface area contributed by atoms with Gasteiger partial charge in [0, 0.05) is 34.5 Å². The summed E-state index contributed by atoms with van der Waals surface area (Å²) in [6.45, 7) is 2.77. The molecule has 0 radical (unpaired) electrons. The number of nitrogens with zero attached hydrogens (tertiary/aromatic N) is 3. The van der Waals surface area contributed by atoms with Crippen LogP contribution in [0.3, 0.4) is 0 Å². The van der Waals surface area contributed by atoms with E-state index in [4.69, 9.17) is 11.2 Å². The second-order valence-electron chi connectivity index (χ2n) is 9.49. The van der Waals surface area contributed by atoms with Crippen LogP contribution in [-0.2, 0) is 0 Å². The molecule has 1 aliphatic heterocycles. The van der Waals surface area contributed by atoms with Gasteiger partial charge in [0.2, 0.25) is 0 Å². The van der Waals surface area contributed by atoms with E-state index in [-0.39, 0.29) is 5.69 Å². The summed E-state index contributed by atoms with van der Waals surface area (Å²) in [6, 6.07) is 18.5. The number of carbonyl (C=O) groups excluding carboxylic acids is 1.